The van der Waals surface area contributed by atoms with Gasteiger partial charge in [-0.2, -0.15) is 0 Å². The smallest absolute Gasteiger partial charge is 0.174 e. The maximum atomic E-state index is 6.25. The average Bonchev–Trinajstić information content (AvgIpc) is 3.17. The Morgan fingerprint density at radius 3 is 2.81 bits per heavy atom. The maximum Gasteiger partial charge on any atom is 0.174 e. The predicted molar refractivity (Wildman–Crippen MR) is 81.9 cm³/mol. The lowest BCUT2D eigenvalue weighted by molar-refractivity contribution is 0.246. The zero-order valence-electron chi connectivity index (χ0n) is 11.7. The van der Waals surface area contributed by atoms with E-state index in [0.717, 1.165) is 11.3 Å². The van der Waals surface area contributed by atoms with Crippen LogP contribution in [0.2, 0.25) is 10.0 Å². The first-order valence-electron chi connectivity index (χ1n) is 6.88. The van der Waals surface area contributed by atoms with Crippen molar-refractivity contribution in [2.24, 2.45) is 0 Å². The van der Waals surface area contributed by atoms with E-state index in [9.17, 15) is 0 Å². The van der Waals surface area contributed by atoms with Gasteiger partial charge in [-0.25, -0.2) is 0 Å². The third kappa shape index (κ3) is 3.90. The standard InChI is InChI=1S/C15H16Cl2N2O2/c1-9-4-13(21-19-9)8-20-15-10(7-18-12-2-3-12)5-11(16)6-14(15)17/h4-6,12,18H,2-3,7-8H2,1H3. The third-order valence-corrected chi connectivity index (χ3v) is 3.78. The molecule has 0 radical (unpaired) electrons. The van der Waals surface area contributed by atoms with Gasteiger partial charge in [0.2, 0.25) is 0 Å². The first kappa shape index (κ1) is 14.7. The predicted octanol–water partition coefficient (Wildman–Crippen LogP) is 4.12. The van der Waals surface area contributed by atoms with E-state index >= 15 is 0 Å². The van der Waals surface area contributed by atoms with Crippen LogP contribution in [-0.4, -0.2) is 11.2 Å². The largest absolute Gasteiger partial charge is 0.484 e. The van der Waals surface area contributed by atoms with Crippen molar-refractivity contribution in [1.29, 1.82) is 0 Å². The van der Waals surface area contributed by atoms with Gasteiger partial charge in [-0.15, -0.1) is 0 Å². The van der Waals surface area contributed by atoms with Crippen molar-refractivity contribution >= 4 is 23.2 Å². The number of aryl methyl sites for hydroxylation is 1. The molecule has 1 aromatic carbocycles. The second-order valence-corrected chi connectivity index (χ2v) is 6.10. The molecule has 0 aliphatic heterocycles. The third-order valence-electron chi connectivity index (χ3n) is 3.28. The first-order chi connectivity index (χ1) is 10.1. The normalized spacial score (nSPS) is 14.4. The molecule has 0 unspecified atom stereocenters. The molecule has 21 heavy (non-hydrogen) atoms. The van der Waals surface area contributed by atoms with E-state index in [1.807, 2.05) is 19.1 Å². The Kier molecular flexibility index (Phi) is 4.38. The Bertz CT molecular complexity index is 639. The van der Waals surface area contributed by atoms with Crippen molar-refractivity contribution < 1.29 is 9.26 Å². The second-order valence-electron chi connectivity index (χ2n) is 5.25. The molecule has 0 bridgehead atoms. The molecule has 1 fully saturated rings. The van der Waals surface area contributed by atoms with Crippen molar-refractivity contribution in [1.82, 2.24) is 10.5 Å². The van der Waals surface area contributed by atoms with Crippen LogP contribution in [0.4, 0.5) is 0 Å². The zero-order chi connectivity index (χ0) is 14.8. The van der Waals surface area contributed by atoms with Crippen LogP contribution < -0.4 is 10.1 Å². The van der Waals surface area contributed by atoms with Crippen molar-refractivity contribution in [3.05, 3.63) is 45.3 Å². The molecular weight excluding hydrogens is 311 g/mol. The lowest BCUT2D eigenvalue weighted by Gasteiger charge is -2.13. The molecule has 0 spiro atoms. The monoisotopic (exact) mass is 326 g/mol. The van der Waals surface area contributed by atoms with Gasteiger partial charge in [-0.3, -0.25) is 0 Å². The second kappa shape index (κ2) is 6.26. The molecule has 6 heteroatoms. The molecular formula is C15H16Cl2N2O2. The van der Waals surface area contributed by atoms with E-state index in [-0.39, 0.29) is 0 Å². The Hall–Kier alpha value is -1.23. The van der Waals surface area contributed by atoms with Crippen molar-refractivity contribution in [2.75, 3.05) is 0 Å². The van der Waals surface area contributed by atoms with Crippen LogP contribution in [0.5, 0.6) is 5.75 Å². The van der Waals surface area contributed by atoms with Crippen LogP contribution >= 0.6 is 23.2 Å². The van der Waals surface area contributed by atoms with E-state index in [0.29, 0.717) is 40.7 Å². The Morgan fingerprint density at radius 1 is 1.33 bits per heavy atom. The Labute approximate surface area is 133 Å². The van der Waals surface area contributed by atoms with Crippen molar-refractivity contribution in [3.63, 3.8) is 0 Å². The van der Waals surface area contributed by atoms with E-state index in [1.165, 1.54) is 12.8 Å². The summed E-state index contributed by atoms with van der Waals surface area (Å²) in [5.41, 5.74) is 1.78. The Balaban J connectivity index is 1.74. The summed E-state index contributed by atoms with van der Waals surface area (Å²) in [5.74, 6) is 1.31. The fourth-order valence-corrected chi connectivity index (χ4v) is 2.67. The molecule has 0 saturated heterocycles. The number of nitrogens with one attached hydrogen (secondary N) is 1. The number of halogens is 2. The van der Waals surface area contributed by atoms with E-state index < -0.39 is 0 Å². The fourth-order valence-electron chi connectivity index (χ4n) is 2.08. The molecule has 1 aliphatic rings. The van der Waals surface area contributed by atoms with Gasteiger partial charge in [0.25, 0.3) is 0 Å². The van der Waals surface area contributed by atoms with Crippen LogP contribution in [0, 0.1) is 6.92 Å². The highest BCUT2D eigenvalue weighted by atomic mass is 35.5. The quantitative estimate of drug-likeness (QED) is 0.867. The number of nitrogens with zero attached hydrogens (tertiary/aromatic N) is 1. The van der Waals surface area contributed by atoms with Gasteiger partial charge in [0.15, 0.2) is 5.76 Å². The summed E-state index contributed by atoms with van der Waals surface area (Å²) in [4.78, 5) is 0. The topological polar surface area (TPSA) is 47.3 Å². The van der Waals surface area contributed by atoms with Crippen molar-refractivity contribution in [3.8, 4) is 5.75 Å². The molecule has 112 valence electrons. The van der Waals surface area contributed by atoms with Gasteiger partial charge in [-0.1, -0.05) is 28.4 Å². The Morgan fingerprint density at radius 2 is 2.14 bits per heavy atom. The van der Waals surface area contributed by atoms with Crippen LogP contribution in [0.15, 0.2) is 22.7 Å². The molecule has 4 nitrogen and oxygen atoms in total. The van der Waals surface area contributed by atoms with E-state index in [2.05, 4.69) is 10.5 Å². The van der Waals surface area contributed by atoms with Gasteiger partial charge < -0.3 is 14.6 Å². The molecule has 0 amide bonds. The number of ether oxygens (including phenoxy) is 1. The summed E-state index contributed by atoms with van der Waals surface area (Å²) in [6.07, 6.45) is 2.45. The highest BCUT2D eigenvalue weighted by Gasteiger charge is 2.21. The molecule has 2 aromatic rings. The summed E-state index contributed by atoms with van der Waals surface area (Å²) in [6, 6.07) is 6.01. The summed E-state index contributed by atoms with van der Waals surface area (Å²) in [6.45, 7) is 2.85. The molecule has 1 N–H and O–H groups in total. The van der Waals surface area contributed by atoms with Crippen LogP contribution in [-0.2, 0) is 13.2 Å². The highest BCUT2D eigenvalue weighted by molar-refractivity contribution is 6.35. The lowest BCUT2D eigenvalue weighted by atomic mass is 10.2. The molecule has 1 saturated carbocycles. The summed E-state index contributed by atoms with van der Waals surface area (Å²) < 4.78 is 10.9. The van der Waals surface area contributed by atoms with Crippen LogP contribution in [0.1, 0.15) is 29.9 Å². The minimum Gasteiger partial charge on any atom is -0.484 e. The number of aromatic nitrogens is 1. The summed E-state index contributed by atoms with van der Waals surface area (Å²) >= 11 is 12.3. The minimum absolute atomic E-state index is 0.290. The van der Waals surface area contributed by atoms with Gasteiger partial charge in [0, 0.05) is 29.2 Å². The van der Waals surface area contributed by atoms with Gasteiger partial charge in [-0.05, 0) is 31.9 Å². The molecule has 0 atom stereocenters. The molecule has 1 aliphatic carbocycles. The first-order valence-corrected chi connectivity index (χ1v) is 7.63. The van der Waals surface area contributed by atoms with Gasteiger partial charge in [0.1, 0.15) is 12.4 Å². The van der Waals surface area contributed by atoms with Crippen LogP contribution in [0.3, 0.4) is 0 Å². The zero-order valence-corrected chi connectivity index (χ0v) is 13.2. The van der Waals surface area contributed by atoms with Gasteiger partial charge >= 0.3 is 0 Å². The lowest BCUT2D eigenvalue weighted by Crippen LogP contribution is -2.16. The average molecular weight is 327 g/mol. The fraction of sp³-hybridized carbons (Fsp3) is 0.400. The molecule has 1 heterocycles. The van der Waals surface area contributed by atoms with Gasteiger partial charge in [0.05, 0.1) is 10.7 Å². The van der Waals surface area contributed by atoms with Crippen molar-refractivity contribution in [2.45, 2.75) is 39.0 Å². The summed E-state index contributed by atoms with van der Waals surface area (Å²) in [5, 5.41) is 8.38. The molecule has 3 rings (SSSR count). The number of rotatable bonds is 6. The SMILES string of the molecule is Cc1cc(COc2c(Cl)cc(Cl)cc2CNC2CC2)on1. The minimum atomic E-state index is 0.290. The highest BCUT2D eigenvalue weighted by Crippen LogP contribution is 2.33. The number of hydrogen-bond donors (Lipinski definition) is 1. The number of benzene rings is 1. The molecule has 1 aromatic heterocycles. The van der Waals surface area contributed by atoms with E-state index in [1.54, 1.807) is 6.07 Å². The summed E-state index contributed by atoms with van der Waals surface area (Å²) in [7, 11) is 0. The maximum absolute atomic E-state index is 6.25. The van der Waals surface area contributed by atoms with Crippen LogP contribution in [0.25, 0.3) is 0 Å². The number of hydrogen-bond acceptors (Lipinski definition) is 4. The van der Waals surface area contributed by atoms with E-state index in [4.69, 9.17) is 32.5 Å².